The molecule has 1 aromatic rings. The van der Waals surface area contributed by atoms with E-state index in [4.69, 9.17) is 0 Å². The molecule has 0 spiro atoms. The number of hydrogen-bond donors (Lipinski definition) is 0. The van der Waals surface area contributed by atoms with Crippen LogP contribution in [-0.4, -0.2) is 3.96 Å². The zero-order chi connectivity index (χ0) is 15.9. The first-order valence-corrected chi connectivity index (χ1v) is 10.3. The van der Waals surface area contributed by atoms with Crippen molar-refractivity contribution in [1.82, 2.24) is 3.96 Å². The molecule has 0 bridgehead atoms. The third-order valence-corrected chi connectivity index (χ3v) is 5.23. The van der Waals surface area contributed by atoms with Gasteiger partial charge in [0, 0.05) is 18.0 Å². The number of rotatable bonds is 15. The summed E-state index contributed by atoms with van der Waals surface area (Å²) in [5, 5.41) is 1.88. The highest BCUT2D eigenvalue weighted by Crippen LogP contribution is 2.13. The number of unbranched alkanes of at least 4 members (excludes halogenated alkanes) is 13. The number of nitrogens with zero attached hydrogens (tertiary/aromatic N) is 1. The first kappa shape index (κ1) is 19.5. The molecule has 0 radical (unpaired) electrons. The first-order valence-electron chi connectivity index (χ1n) is 9.49. The van der Waals surface area contributed by atoms with E-state index in [2.05, 4.69) is 6.92 Å². The van der Waals surface area contributed by atoms with Crippen LogP contribution in [0.15, 0.2) is 16.2 Å². The van der Waals surface area contributed by atoms with Crippen molar-refractivity contribution in [3.63, 3.8) is 0 Å². The molecule has 0 atom stereocenters. The molecule has 0 saturated carbocycles. The third kappa shape index (κ3) is 10.2. The molecule has 0 aliphatic carbocycles. The molecule has 1 heterocycles. The largest absolute Gasteiger partial charge is 0.268 e. The summed E-state index contributed by atoms with van der Waals surface area (Å²) >= 11 is 1.54. The van der Waals surface area contributed by atoms with Gasteiger partial charge in [-0.05, 0) is 6.42 Å². The zero-order valence-corrected chi connectivity index (χ0v) is 15.3. The van der Waals surface area contributed by atoms with Crippen LogP contribution in [0.4, 0.5) is 0 Å². The Labute approximate surface area is 141 Å². The van der Waals surface area contributed by atoms with Crippen molar-refractivity contribution in [2.45, 2.75) is 103 Å². The van der Waals surface area contributed by atoms with Crippen molar-refractivity contribution in [3.8, 4) is 0 Å². The summed E-state index contributed by atoms with van der Waals surface area (Å²) < 4.78 is 1.86. The lowest BCUT2D eigenvalue weighted by Crippen LogP contribution is -2.11. The molecule has 0 aliphatic rings. The minimum atomic E-state index is 0.166. The van der Waals surface area contributed by atoms with Crippen LogP contribution in [0.5, 0.6) is 0 Å². The van der Waals surface area contributed by atoms with E-state index in [0.29, 0.717) is 0 Å². The predicted molar refractivity (Wildman–Crippen MR) is 98.9 cm³/mol. The van der Waals surface area contributed by atoms with Gasteiger partial charge >= 0.3 is 0 Å². The minimum absolute atomic E-state index is 0.166. The van der Waals surface area contributed by atoms with E-state index in [1.54, 1.807) is 6.07 Å². The maximum atomic E-state index is 11.4. The highest BCUT2D eigenvalue weighted by atomic mass is 32.1. The lowest BCUT2D eigenvalue weighted by atomic mass is 10.0. The minimum Gasteiger partial charge on any atom is -0.268 e. The molecule has 0 aromatic carbocycles. The summed E-state index contributed by atoms with van der Waals surface area (Å²) in [5.74, 6) is 0. The molecular formula is C19H35NOS. The molecule has 0 fully saturated rings. The summed E-state index contributed by atoms with van der Waals surface area (Å²) in [7, 11) is 0. The Balaban J connectivity index is 1.75. The van der Waals surface area contributed by atoms with Gasteiger partial charge < -0.3 is 0 Å². The van der Waals surface area contributed by atoms with Gasteiger partial charge in [-0.1, -0.05) is 102 Å². The van der Waals surface area contributed by atoms with Crippen molar-refractivity contribution in [3.05, 3.63) is 21.8 Å². The molecule has 0 N–H and O–H groups in total. The highest BCUT2D eigenvalue weighted by Gasteiger charge is 1.97. The molecule has 128 valence electrons. The van der Waals surface area contributed by atoms with E-state index in [1.165, 1.54) is 95.0 Å². The Kier molecular flexibility index (Phi) is 12.4. The normalized spacial score (nSPS) is 11.1. The second-order valence-corrected chi connectivity index (χ2v) is 7.37. The third-order valence-electron chi connectivity index (χ3n) is 4.36. The molecule has 0 amide bonds. The quantitative estimate of drug-likeness (QED) is 0.342. The van der Waals surface area contributed by atoms with Crippen LogP contribution in [0.2, 0.25) is 0 Å². The smallest absolute Gasteiger partial charge is 0.260 e. The van der Waals surface area contributed by atoms with Gasteiger partial charge in [0.05, 0.1) is 0 Å². The van der Waals surface area contributed by atoms with Gasteiger partial charge in [-0.2, -0.15) is 0 Å². The van der Waals surface area contributed by atoms with Crippen LogP contribution < -0.4 is 5.56 Å². The Morgan fingerprint density at radius 1 is 0.773 bits per heavy atom. The lowest BCUT2D eigenvalue weighted by Gasteiger charge is -2.03. The fourth-order valence-corrected chi connectivity index (χ4v) is 3.63. The van der Waals surface area contributed by atoms with Crippen molar-refractivity contribution < 1.29 is 0 Å². The molecule has 0 aliphatic heterocycles. The fourth-order valence-electron chi connectivity index (χ4n) is 2.91. The molecule has 1 aromatic heterocycles. The SMILES string of the molecule is CCCCCCCCCCCCCCCCn1sccc1=O. The second-order valence-electron chi connectivity index (χ2n) is 6.44. The van der Waals surface area contributed by atoms with Crippen LogP contribution in [0.25, 0.3) is 0 Å². The Bertz CT molecular complexity index is 396. The summed E-state index contributed by atoms with van der Waals surface area (Å²) in [6.45, 7) is 3.19. The molecule has 22 heavy (non-hydrogen) atoms. The average molecular weight is 326 g/mol. The van der Waals surface area contributed by atoms with E-state index < -0.39 is 0 Å². The van der Waals surface area contributed by atoms with E-state index in [9.17, 15) is 4.79 Å². The monoisotopic (exact) mass is 325 g/mol. The standard InChI is InChI=1S/C19H35NOS/c1-2-3-4-5-6-7-8-9-10-11-12-13-14-15-17-20-19(21)16-18-22-20/h16,18H,2-15,17H2,1H3. The summed E-state index contributed by atoms with van der Waals surface area (Å²) in [5.41, 5.74) is 0.166. The molecule has 1 rings (SSSR count). The first-order chi connectivity index (χ1) is 10.8. The number of hydrogen-bond acceptors (Lipinski definition) is 2. The lowest BCUT2D eigenvalue weighted by molar-refractivity contribution is 0.527. The zero-order valence-electron chi connectivity index (χ0n) is 14.5. The summed E-state index contributed by atoms with van der Waals surface area (Å²) in [6.07, 6.45) is 19.3. The van der Waals surface area contributed by atoms with Crippen LogP contribution >= 0.6 is 11.5 Å². The molecule has 0 saturated heterocycles. The van der Waals surface area contributed by atoms with E-state index in [1.807, 2.05) is 9.34 Å². The van der Waals surface area contributed by atoms with Gasteiger partial charge in [-0.15, -0.1) is 0 Å². The van der Waals surface area contributed by atoms with Crippen LogP contribution in [0.1, 0.15) is 96.8 Å². The fraction of sp³-hybridized carbons (Fsp3) is 0.842. The van der Waals surface area contributed by atoms with Gasteiger partial charge in [-0.25, -0.2) is 0 Å². The Morgan fingerprint density at radius 3 is 1.64 bits per heavy atom. The maximum absolute atomic E-state index is 11.4. The van der Waals surface area contributed by atoms with Gasteiger partial charge in [0.15, 0.2) is 0 Å². The van der Waals surface area contributed by atoms with Gasteiger partial charge in [0.2, 0.25) is 0 Å². The predicted octanol–water partition coefficient (Wildman–Crippen LogP) is 6.39. The van der Waals surface area contributed by atoms with Crippen LogP contribution in [0, 0.1) is 0 Å². The Hall–Kier alpha value is -0.570. The number of aryl methyl sites for hydroxylation is 1. The average Bonchev–Trinajstić information content (AvgIpc) is 2.93. The number of aromatic nitrogens is 1. The maximum Gasteiger partial charge on any atom is 0.260 e. The van der Waals surface area contributed by atoms with Crippen molar-refractivity contribution in [1.29, 1.82) is 0 Å². The van der Waals surface area contributed by atoms with Crippen LogP contribution in [-0.2, 0) is 6.54 Å². The van der Waals surface area contributed by atoms with Gasteiger partial charge in [-0.3, -0.25) is 8.75 Å². The van der Waals surface area contributed by atoms with E-state index in [-0.39, 0.29) is 5.56 Å². The molecular weight excluding hydrogens is 290 g/mol. The van der Waals surface area contributed by atoms with Gasteiger partial charge in [0.1, 0.15) is 0 Å². The molecule has 3 heteroatoms. The van der Waals surface area contributed by atoms with Crippen molar-refractivity contribution in [2.24, 2.45) is 0 Å². The van der Waals surface area contributed by atoms with Crippen molar-refractivity contribution >= 4 is 11.5 Å². The summed E-state index contributed by atoms with van der Waals surface area (Å²) in [6, 6.07) is 1.66. The van der Waals surface area contributed by atoms with Gasteiger partial charge in [0.25, 0.3) is 5.56 Å². The highest BCUT2D eigenvalue weighted by molar-refractivity contribution is 7.04. The van der Waals surface area contributed by atoms with Crippen molar-refractivity contribution in [2.75, 3.05) is 0 Å². The molecule has 2 nitrogen and oxygen atoms in total. The van der Waals surface area contributed by atoms with E-state index in [0.717, 1.165) is 13.0 Å². The van der Waals surface area contributed by atoms with E-state index >= 15 is 0 Å². The Morgan fingerprint density at radius 2 is 1.23 bits per heavy atom. The topological polar surface area (TPSA) is 22.0 Å². The second kappa shape index (κ2) is 14.0. The van der Waals surface area contributed by atoms with Crippen LogP contribution in [0.3, 0.4) is 0 Å². The molecule has 0 unspecified atom stereocenters. The summed E-state index contributed by atoms with van der Waals surface area (Å²) in [4.78, 5) is 11.4.